The third-order valence-electron chi connectivity index (χ3n) is 4.01. The molecule has 0 atom stereocenters. The number of anilines is 1. The SMILES string of the molecule is O=C(COc1nncc2ccccc12)Nc1ccccc1Oc1ccccc1. The molecule has 1 aromatic heterocycles. The van der Waals surface area contributed by atoms with Gasteiger partial charge in [0.05, 0.1) is 11.9 Å². The summed E-state index contributed by atoms with van der Waals surface area (Å²) in [5.41, 5.74) is 0.559. The smallest absolute Gasteiger partial charge is 0.262 e. The van der Waals surface area contributed by atoms with E-state index in [0.29, 0.717) is 23.1 Å². The first-order chi connectivity index (χ1) is 13.8. The molecular formula is C22H17N3O3. The Morgan fingerprint density at radius 1 is 0.893 bits per heavy atom. The second-order valence-electron chi connectivity index (χ2n) is 5.99. The highest BCUT2D eigenvalue weighted by Crippen LogP contribution is 2.29. The van der Waals surface area contributed by atoms with E-state index in [1.807, 2.05) is 66.7 Å². The zero-order chi connectivity index (χ0) is 19.2. The highest BCUT2D eigenvalue weighted by molar-refractivity contribution is 5.94. The summed E-state index contributed by atoms with van der Waals surface area (Å²) in [6.45, 7) is -0.192. The van der Waals surface area contributed by atoms with Crippen LogP contribution in [0.5, 0.6) is 17.4 Å². The van der Waals surface area contributed by atoms with Gasteiger partial charge >= 0.3 is 0 Å². The van der Waals surface area contributed by atoms with Crippen molar-refractivity contribution < 1.29 is 14.3 Å². The van der Waals surface area contributed by atoms with Crippen LogP contribution in [-0.4, -0.2) is 22.7 Å². The number of carbonyl (C=O) groups excluding carboxylic acids is 1. The molecule has 3 aromatic carbocycles. The van der Waals surface area contributed by atoms with Gasteiger partial charge in [0.2, 0.25) is 5.88 Å². The third-order valence-corrected chi connectivity index (χ3v) is 4.01. The molecule has 6 nitrogen and oxygen atoms in total. The largest absolute Gasteiger partial charge is 0.466 e. The summed E-state index contributed by atoms with van der Waals surface area (Å²) < 4.78 is 11.4. The number of hydrogen-bond acceptors (Lipinski definition) is 5. The Labute approximate surface area is 161 Å². The minimum atomic E-state index is -0.321. The van der Waals surface area contributed by atoms with Crippen molar-refractivity contribution >= 4 is 22.4 Å². The van der Waals surface area contributed by atoms with Crippen molar-refractivity contribution in [3.63, 3.8) is 0 Å². The Morgan fingerprint density at radius 2 is 1.64 bits per heavy atom. The Kier molecular flexibility index (Phi) is 5.11. The first-order valence-corrected chi connectivity index (χ1v) is 8.74. The highest BCUT2D eigenvalue weighted by atomic mass is 16.5. The summed E-state index contributed by atoms with van der Waals surface area (Å²) in [5.74, 6) is 1.24. The van der Waals surface area contributed by atoms with E-state index in [9.17, 15) is 4.79 Å². The Morgan fingerprint density at radius 3 is 2.54 bits per heavy atom. The Bertz CT molecular complexity index is 1090. The van der Waals surface area contributed by atoms with Gasteiger partial charge in [-0.2, -0.15) is 5.10 Å². The van der Waals surface area contributed by atoms with E-state index in [4.69, 9.17) is 9.47 Å². The first kappa shape index (κ1) is 17.5. The van der Waals surface area contributed by atoms with E-state index in [2.05, 4.69) is 15.5 Å². The lowest BCUT2D eigenvalue weighted by molar-refractivity contribution is -0.118. The molecule has 0 aliphatic heterocycles. The van der Waals surface area contributed by atoms with E-state index >= 15 is 0 Å². The molecule has 0 fully saturated rings. The molecule has 138 valence electrons. The van der Waals surface area contributed by atoms with Gasteiger partial charge in [-0.25, -0.2) is 0 Å². The summed E-state index contributed by atoms with van der Waals surface area (Å²) >= 11 is 0. The average Bonchev–Trinajstić information content (AvgIpc) is 2.74. The maximum absolute atomic E-state index is 12.4. The van der Waals surface area contributed by atoms with Crippen LogP contribution in [-0.2, 0) is 4.79 Å². The normalized spacial score (nSPS) is 10.4. The fraction of sp³-hybridized carbons (Fsp3) is 0.0455. The molecule has 4 aromatic rings. The number of aromatic nitrogens is 2. The predicted octanol–water partition coefficient (Wildman–Crippen LogP) is 4.44. The van der Waals surface area contributed by atoms with Crippen LogP contribution in [0.3, 0.4) is 0 Å². The number of nitrogens with one attached hydrogen (secondary N) is 1. The number of rotatable bonds is 6. The Balaban J connectivity index is 1.44. The summed E-state index contributed by atoms with van der Waals surface area (Å²) in [6, 6.07) is 24.2. The molecule has 1 heterocycles. The van der Waals surface area contributed by atoms with Crippen LogP contribution in [0.25, 0.3) is 10.8 Å². The van der Waals surface area contributed by atoms with Gasteiger partial charge in [0.15, 0.2) is 12.4 Å². The van der Waals surface area contributed by atoms with Crippen molar-refractivity contribution in [2.45, 2.75) is 0 Å². The fourth-order valence-corrected chi connectivity index (χ4v) is 2.70. The van der Waals surface area contributed by atoms with E-state index in [0.717, 1.165) is 10.8 Å². The van der Waals surface area contributed by atoms with Crippen molar-refractivity contribution in [1.82, 2.24) is 10.2 Å². The predicted molar refractivity (Wildman–Crippen MR) is 107 cm³/mol. The zero-order valence-electron chi connectivity index (χ0n) is 14.9. The molecule has 0 saturated heterocycles. The molecule has 1 N–H and O–H groups in total. The Hall–Kier alpha value is -3.93. The lowest BCUT2D eigenvalue weighted by Gasteiger charge is -2.12. The van der Waals surface area contributed by atoms with Gasteiger partial charge in [0.25, 0.3) is 5.91 Å². The molecule has 28 heavy (non-hydrogen) atoms. The quantitative estimate of drug-likeness (QED) is 0.542. The molecule has 6 heteroatoms. The van der Waals surface area contributed by atoms with Gasteiger partial charge in [0.1, 0.15) is 5.75 Å². The lowest BCUT2D eigenvalue weighted by Crippen LogP contribution is -2.21. The summed E-state index contributed by atoms with van der Waals surface area (Å²) in [5, 5.41) is 12.4. The number of para-hydroxylation sites is 3. The number of ether oxygens (including phenoxy) is 2. The topological polar surface area (TPSA) is 73.3 Å². The van der Waals surface area contributed by atoms with E-state index in [-0.39, 0.29) is 12.5 Å². The molecular weight excluding hydrogens is 354 g/mol. The lowest BCUT2D eigenvalue weighted by atomic mass is 10.2. The number of nitrogens with zero attached hydrogens (tertiary/aromatic N) is 2. The zero-order valence-corrected chi connectivity index (χ0v) is 14.9. The van der Waals surface area contributed by atoms with E-state index in [1.54, 1.807) is 18.3 Å². The maximum atomic E-state index is 12.4. The second-order valence-corrected chi connectivity index (χ2v) is 5.99. The number of fused-ring (bicyclic) bond motifs is 1. The standard InChI is InChI=1S/C22H17N3O3/c26-21(15-27-22-18-11-5-4-8-16(18)14-23-25-22)24-19-12-6-7-13-20(19)28-17-9-2-1-3-10-17/h1-14H,15H2,(H,24,26). The molecule has 0 aliphatic rings. The molecule has 0 unspecified atom stereocenters. The molecule has 4 rings (SSSR count). The number of amides is 1. The van der Waals surface area contributed by atoms with Crippen LogP contribution < -0.4 is 14.8 Å². The molecule has 0 bridgehead atoms. The first-order valence-electron chi connectivity index (χ1n) is 8.74. The molecule has 0 radical (unpaired) electrons. The fourth-order valence-electron chi connectivity index (χ4n) is 2.70. The molecule has 0 aliphatic carbocycles. The van der Waals surface area contributed by atoms with Gasteiger partial charge in [-0.1, -0.05) is 48.5 Å². The summed E-state index contributed by atoms with van der Waals surface area (Å²) in [7, 11) is 0. The van der Waals surface area contributed by atoms with Crippen molar-refractivity contribution in [2.75, 3.05) is 11.9 Å². The average molecular weight is 371 g/mol. The molecule has 0 spiro atoms. The van der Waals surface area contributed by atoms with Crippen LogP contribution >= 0.6 is 0 Å². The number of hydrogen-bond donors (Lipinski definition) is 1. The second kappa shape index (κ2) is 8.18. The maximum Gasteiger partial charge on any atom is 0.262 e. The minimum Gasteiger partial charge on any atom is -0.466 e. The number of carbonyl (C=O) groups is 1. The van der Waals surface area contributed by atoms with Crippen LogP contribution in [0.15, 0.2) is 85.1 Å². The number of benzene rings is 3. The highest BCUT2D eigenvalue weighted by Gasteiger charge is 2.11. The monoisotopic (exact) mass is 371 g/mol. The van der Waals surface area contributed by atoms with Crippen molar-refractivity contribution in [1.29, 1.82) is 0 Å². The van der Waals surface area contributed by atoms with Gasteiger partial charge in [-0.05, 0) is 30.3 Å². The summed E-state index contributed by atoms with van der Waals surface area (Å²) in [6.07, 6.45) is 1.65. The van der Waals surface area contributed by atoms with Crippen LogP contribution in [0.4, 0.5) is 5.69 Å². The summed E-state index contributed by atoms with van der Waals surface area (Å²) in [4.78, 5) is 12.4. The van der Waals surface area contributed by atoms with Gasteiger partial charge < -0.3 is 14.8 Å². The van der Waals surface area contributed by atoms with Crippen molar-refractivity contribution in [2.24, 2.45) is 0 Å². The third kappa shape index (κ3) is 4.07. The van der Waals surface area contributed by atoms with E-state index < -0.39 is 0 Å². The molecule has 1 amide bonds. The van der Waals surface area contributed by atoms with Gasteiger partial charge in [-0.3, -0.25) is 4.79 Å². The van der Waals surface area contributed by atoms with Crippen LogP contribution in [0.1, 0.15) is 0 Å². The van der Waals surface area contributed by atoms with Crippen molar-refractivity contribution in [3.05, 3.63) is 85.1 Å². The van der Waals surface area contributed by atoms with Crippen LogP contribution in [0.2, 0.25) is 0 Å². The minimum absolute atomic E-state index is 0.192. The van der Waals surface area contributed by atoms with Gasteiger partial charge in [-0.15, -0.1) is 5.10 Å². The van der Waals surface area contributed by atoms with Gasteiger partial charge in [0, 0.05) is 10.8 Å². The molecule has 0 saturated carbocycles. The van der Waals surface area contributed by atoms with Crippen LogP contribution in [0, 0.1) is 0 Å². The van der Waals surface area contributed by atoms with Crippen molar-refractivity contribution in [3.8, 4) is 17.4 Å². The van der Waals surface area contributed by atoms with E-state index in [1.165, 1.54) is 0 Å².